The predicted molar refractivity (Wildman–Crippen MR) is 90.3 cm³/mol. The van der Waals surface area contributed by atoms with Crippen LogP contribution in [0.15, 0.2) is 35.5 Å². The number of amides is 3. The Morgan fingerprint density at radius 2 is 2.17 bits per heavy atom. The maximum atomic E-state index is 12.8. The highest BCUT2D eigenvalue weighted by molar-refractivity contribution is 6.01. The molecule has 0 saturated heterocycles. The Balaban J connectivity index is 1.79. The van der Waals surface area contributed by atoms with Crippen molar-refractivity contribution in [3.63, 3.8) is 0 Å². The summed E-state index contributed by atoms with van der Waals surface area (Å²) >= 11 is 0. The van der Waals surface area contributed by atoms with Crippen molar-refractivity contribution in [2.75, 3.05) is 26.3 Å². The Morgan fingerprint density at radius 3 is 2.92 bits per heavy atom. The molecule has 1 atom stereocenters. The molecular weight excluding hydrogens is 306 g/mol. The lowest BCUT2D eigenvalue weighted by atomic mass is 9.95. The maximum Gasteiger partial charge on any atom is 0.319 e. The highest BCUT2D eigenvalue weighted by Gasteiger charge is 2.40. The number of rotatable bonds is 6. The second-order valence-corrected chi connectivity index (χ2v) is 6.12. The first-order chi connectivity index (χ1) is 11.6. The summed E-state index contributed by atoms with van der Waals surface area (Å²) in [4.78, 5) is 26.6. The minimum atomic E-state index is -0.391. The van der Waals surface area contributed by atoms with Gasteiger partial charge in [-0.15, -0.1) is 0 Å². The van der Waals surface area contributed by atoms with Gasteiger partial charge in [0.1, 0.15) is 0 Å². The average Bonchev–Trinajstić information content (AvgIpc) is 2.87. The van der Waals surface area contributed by atoms with Gasteiger partial charge in [0.25, 0.3) is 5.91 Å². The molecule has 6 nitrogen and oxygen atoms in total. The minimum Gasteiger partial charge on any atom is -0.382 e. The van der Waals surface area contributed by atoms with E-state index in [9.17, 15) is 9.59 Å². The van der Waals surface area contributed by atoms with Crippen molar-refractivity contribution in [3.8, 4) is 0 Å². The van der Waals surface area contributed by atoms with Crippen molar-refractivity contribution in [1.29, 1.82) is 0 Å². The molecule has 0 bridgehead atoms. The number of hydrogen-bond acceptors (Lipinski definition) is 3. The van der Waals surface area contributed by atoms with Crippen molar-refractivity contribution < 1.29 is 14.3 Å². The van der Waals surface area contributed by atoms with Gasteiger partial charge in [-0.3, -0.25) is 4.79 Å². The minimum absolute atomic E-state index is 0.0134. The van der Waals surface area contributed by atoms with E-state index >= 15 is 0 Å². The molecule has 1 aromatic carbocycles. The highest BCUT2D eigenvalue weighted by atomic mass is 16.5. The molecule has 0 aliphatic carbocycles. The van der Waals surface area contributed by atoms with E-state index in [0.29, 0.717) is 37.6 Å². The molecule has 6 heteroatoms. The van der Waals surface area contributed by atoms with Crippen LogP contribution in [-0.4, -0.2) is 43.1 Å². The van der Waals surface area contributed by atoms with E-state index in [1.807, 2.05) is 38.1 Å². The normalized spacial score (nSPS) is 20.1. The van der Waals surface area contributed by atoms with Gasteiger partial charge in [0, 0.05) is 19.8 Å². The zero-order valence-electron chi connectivity index (χ0n) is 14.1. The van der Waals surface area contributed by atoms with E-state index in [4.69, 9.17) is 4.74 Å². The quantitative estimate of drug-likeness (QED) is 0.783. The first-order valence-electron chi connectivity index (χ1n) is 8.34. The Kier molecular flexibility index (Phi) is 4.85. The first kappa shape index (κ1) is 16.5. The molecule has 128 valence electrons. The first-order valence-corrected chi connectivity index (χ1v) is 8.34. The maximum absolute atomic E-state index is 12.8. The third-order valence-electron chi connectivity index (χ3n) is 4.32. The van der Waals surface area contributed by atoms with Crippen molar-refractivity contribution in [2.24, 2.45) is 0 Å². The Morgan fingerprint density at radius 1 is 1.33 bits per heavy atom. The standard InChI is InChI=1S/C18H23N3O3/c1-3-24-9-5-8-21-11-14-15(17(21)22)16(20-18(23)19-14)13-7-4-6-12(2)10-13/h4,6-7,10,16H,3,5,8-9,11H2,1-2H3,(H2,19,20,23)/t16-/m1/s1. The van der Waals surface area contributed by atoms with Crippen LogP contribution < -0.4 is 10.6 Å². The van der Waals surface area contributed by atoms with Crippen molar-refractivity contribution >= 4 is 11.9 Å². The van der Waals surface area contributed by atoms with Gasteiger partial charge >= 0.3 is 6.03 Å². The molecule has 24 heavy (non-hydrogen) atoms. The fraction of sp³-hybridized carbons (Fsp3) is 0.444. The summed E-state index contributed by atoms with van der Waals surface area (Å²) in [7, 11) is 0. The predicted octanol–water partition coefficient (Wildman–Crippen LogP) is 1.87. The number of aryl methyl sites for hydroxylation is 1. The molecule has 3 rings (SSSR count). The van der Waals surface area contributed by atoms with E-state index in [1.165, 1.54) is 0 Å². The van der Waals surface area contributed by atoms with Gasteiger partial charge in [0.2, 0.25) is 0 Å². The fourth-order valence-electron chi connectivity index (χ4n) is 3.21. The molecule has 0 fully saturated rings. The van der Waals surface area contributed by atoms with Crippen molar-refractivity contribution in [1.82, 2.24) is 15.5 Å². The van der Waals surface area contributed by atoms with Crippen LogP contribution in [0.2, 0.25) is 0 Å². The van der Waals surface area contributed by atoms with Crippen LogP contribution in [0.1, 0.15) is 30.5 Å². The van der Waals surface area contributed by atoms with Crippen LogP contribution in [0.4, 0.5) is 4.79 Å². The highest BCUT2D eigenvalue weighted by Crippen LogP contribution is 2.32. The molecule has 2 N–H and O–H groups in total. The molecule has 2 aliphatic rings. The van der Waals surface area contributed by atoms with E-state index < -0.39 is 6.04 Å². The van der Waals surface area contributed by atoms with Gasteiger partial charge in [-0.25, -0.2) is 4.79 Å². The topological polar surface area (TPSA) is 70.7 Å². The number of benzene rings is 1. The molecule has 0 unspecified atom stereocenters. The molecule has 0 spiro atoms. The zero-order valence-corrected chi connectivity index (χ0v) is 14.1. The average molecular weight is 329 g/mol. The van der Waals surface area contributed by atoms with Gasteiger partial charge in [-0.05, 0) is 25.8 Å². The third kappa shape index (κ3) is 3.28. The molecule has 2 heterocycles. The lowest BCUT2D eigenvalue weighted by Gasteiger charge is -2.25. The molecule has 0 aromatic heterocycles. The Bertz CT molecular complexity index is 684. The number of carbonyl (C=O) groups excluding carboxylic acids is 2. The number of carbonyl (C=O) groups is 2. The summed E-state index contributed by atoms with van der Waals surface area (Å²) in [6.07, 6.45) is 0.788. The van der Waals surface area contributed by atoms with Gasteiger partial charge < -0.3 is 20.3 Å². The van der Waals surface area contributed by atoms with Gasteiger partial charge in [-0.2, -0.15) is 0 Å². The monoisotopic (exact) mass is 329 g/mol. The van der Waals surface area contributed by atoms with Crippen molar-refractivity contribution in [2.45, 2.75) is 26.3 Å². The van der Waals surface area contributed by atoms with E-state index in [1.54, 1.807) is 4.90 Å². The fourth-order valence-corrected chi connectivity index (χ4v) is 3.21. The van der Waals surface area contributed by atoms with Crippen LogP contribution in [0.3, 0.4) is 0 Å². The number of nitrogens with zero attached hydrogens (tertiary/aromatic N) is 1. The van der Waals surface area contributed by atoms with E-state index in [0.717, 1.165) is 17.5 Å². The summed E-state index contributed by atoms with van der Waals surface area (Å²) in [6.45, 7) is 6.35. The summed E-state index contributed by atoms with van der Waals surface area (Å²) in [5.74, 6) is -0.0134. The van der Waals surface area contributed by atoms with E-state index in [2.05, 4.69) is 10.6 Å². The summed E-state index contributed by atoms with van der Waals surface area (Å²) in [6, 6.07) is 7.24. The zero-order chi connectivity index (χ0) is 17.1. The smallest absolute Gasteiger partial charge is 0.319 e. The molecule has 2 aliphatic heterocycles. The van der Waals surface area contributed by atoms with Crippen LogP contribution in [0, 0.1) is 6.92 Å². The number of ether oxygens (including phenoxy) is 1. The second-order valence-electron chi connectivity index (χ2n) is 6.12. The Labute approximate surface area is 141 Å². The molecule has 0 saturated carbocycles. The molecule has 0 radical (unpaired) electrons. The molecule has 3 amide bonds. The Hall–Kier alpha value is -2.34. The van der Waals surface area contributed by atoms with Crippen LogP contribution in [-0.2, 0) is 9.53 Å². The lowest BCUT2D eigenvalue weighted by Crippen LogP contribution is -2.44. The van der Waals surface area contributed by atoms with Crippen LogP contribution in [0.5, 0.6) is 0 Å². The van der Waals surface area contributed by atoms with E-state index in [-0.39, 0.29) is 11.9 Å². The van der Waals surface area contributed by atoms with Crippen LogP contribution >= 0.6 is 0 Å². The van der Waals surface area contributed by atoms with Gasteiger partial charge in [0.15, 0.2) is 0 Å². The largest absolute Gasteiger partial charge is 0.382 e. The number of hydrogen-bond donors (Lipinski definition) is 2. The summed E-state index contributed by atoms with van der Waals surface area (Å²) < 4.78 is 5.33. The number of urea groups is 1. The third-order valence-corrected chi connectivity index (χ3v) is 4.32. The van der Waals surface area contributed by atoms with Gasteiger partial charge in [-0.1, -0.05) is 29.8 Å². The molecular formula is C18H23N3O3. The summed E-state index contributed by atoms with van der Waals surface area (Å²) in [5.41, 5.74) is 3.39. The van der Waals surface area contributed by atoms with Crippen molar-refractivity contribution in [3.05, 3.63) is 46.7 Å². The lowest BCUT2D eigenvalue weighted by molar-refractivity contribution is -0.126. The van der Waals surface area contributed by atoms with Crippen LogP contribution in [0.25, 0.3) is 0 Å². The SMILES string of the molecule is CCOCCCN1CC2=C(C1=O)[C@@H](c1cccc(C)c1)NC(=O)N2. The second kappa shape index (κ2) is 7.05. The van der Waals surface area contributed by atoms with Gasteiger partial charge in [0.05, 0.1) is 23.9 Å². The summed E-state index contributed by atoms with van der Waals surface area (Å²) in [5, 5.41) is 5.67. The number of nitrogens with one attached hydrogen (secondary N) is 2. The molecule has 1 aromatic rings.